The van der Waals surface area contributed by atoms with Gasteiger partial charge in [-0.1, -0.05) is 60.7 Å². The standard InChI is InChI=1S/C35H39FN4O8S2/c1-25-30(46-2)19-28(20-31(25)47-3)35(43)39(17-10-15-26-11-6-4-7-12-26)21-32-37-29(24-49-32)34(42)38-50(44,45)40(18-16-36)22-33(41)48-23-27-13-8-5-9-14-27/h4-9,11-14,19-20,24H,10,15-18,21-23H2,1-3H3,(H,38,42). The molecule has 3 aromatic carbocycles. The van der Waals surface area contributed by atoms with Crippen molar-refractivity contribution in [2.45, 2.75) is 32.9 Å². The SMILES string of the molecule is COc1cc(C(=O)N(CCCc2ccccc2)Cc2nc(C(=O)NS(=O)(=O)N(CCF)CC(=O)OCc3ccccc3)cs2)cc(OC)c1C. The van der Waals surface area contributed by atoms with Crippen LogP contribution in [-0.2, 0) is 39.3 Å². The summed E-state index contributed by atoms with van der Waals surface area (Å²) >= 11 is 1.07. The second kappa shape index (κ2) is 18.2. The van der Waals surface area contributed by atoms with Gasteiger partial charge < -0.3 is 19.1 Å². The zero-order valence-electron chi connectivity index (χ0n) is 28.0. The van der Waals surface area contributed by atoms with Crippen molar-refractivity contribution in [2.24, 2.45) is 0 Å². The number of carbonyl (C=O) groups is 3. The summed E-state index contributed by atoms with van der Waals surface area (Å²) in [6, 6.07) is 21.8. The molecule has 1 N–H and O–H groups in total. The van der Waals surface area contributed by atoms with Gasteiger partial charge in [0.05, 0.1) is 20.8 Å². The van der Waals surface area contributed by atoms with Crippen LogP contribution in [0.5, 0.6) is 11.5 Å². The lowest BCUT2D eigenvalue weighted by atomic mass is 10.1. The Morgan fingerprint density at radius 2 is 1.54 bits per heavy atom. The molecule has 266 valence electrons. The number of rotatable bonds is 18. The van der Waals surface area contributed by atoms with Crippen LogP contribution in [0.1, 0.15) is 49.0 Å². The van der Waals surface area contributed by atoms with Gasteiger partial charge in [0.15, 0.2) is 0 Å². The molecule has 4 aromatic rings. The van der Waals surface area contributed by atoms with Gasteiger partial charge in [-0.2, -0.15) is 12.7 Å². The van der Waals surface area contributed by atoms with Crippen LogP contribution in [0.3, 0.4) is 0 Å². The molecule has 1 heterocycles. The second-order valence-electron chi connectivity index (χ2n) is 11.1. The Labute approximate surface area is 295 Å². The molecule has 12 nitrogen and oxygen atoms in total. The number of thiazole rings is 1. The van der Waals surface area contributed by atoms with E-state index in [2.05, 4.69) is 4.98 Å². The average Bonchev–Trinajstić information content (AvgIpc) is 3.59. The van der Waals surface area contributed by atoms with E-state index in [0.29, 0.717) is 51.3 Å². The number of aromatic nitrogens is 1. The van der Waals surface area contributed by atoms with Crippen molar-refractivity contribution in [1.82, 2.24) is 18.9 Å². The first-order chi connectivity index (χ1) is 24.0. The smallest absolute Gasteiger partial charge is 0.321 e. The van der Waals surface area contributed by atoms with Crippen molar-refractivity contribution in [2.75, 3.05) is 40.5 Å². The van der Waals surface area contributed by atoms with E-state index in [4.69, 9.17) is 14.2 Å². The Hall–Kier alpha value is -4.86. The van der Waals surface area contributed by atoms with Gasteiger partial charge >= 0.3 is 16.2 Å². The third kappa shape index (κ3) is 10.6. The highest BCUT2D eigenvalue weighted by Crippen LogP contribution is 2.30. The van der Waals surface area contributed by atoms with Crippen molar-refractivity contribution in [3.05, 3.63) is 111 Å². The third-order valence-corrected chi connectivity index (χ3v) is 9.85. The molecule has 0 fully saturated rings. The van der Waals surface area contributed by atoms with Crippen LogP contribution < -0.4 is 14.2 Å². The summed E-state index contributed by atoms with van der Waals surface area (Å²) in [5.41, 5.74) is 2.64. The molecule has 4 rings (SSSR count). The van der Waals surface area contributed by atoms with E-state index >= 15 is 0 Å². The van der Waals surface area contributed by atoms with Gasteiger partial charge in [0.2, 0.25) is 0 Å². The summed E-state index contributed by atoms with van der Waals surface area (Å²) in [5, 5.41) is 1.73. The molecule has 0 bridgehead atoms. The Kier molecular flexibility index (Phi) is 13.8. The minimum Gasteiger partial charge on any atom is -0.496 e. The predicted molar refractivity (Wildman–Crippen MR) is 186 cm³/mol. The highest BCUT2D eigenvalue weighted by atomic mass is 32.2. The normalized spacial score (nSPS) is 11.2. The lowest BCUT2D eigenvalue weighted by molar-refractivity contribution is -0.145. The summed E-state index contributed by atoms with van der Waals surface area (Å²) < 4.78 is 57.8. The molecule has 0 spiro atoms. The van der Waals surface area contributed by atoms with E-state index in [1.54, 1.807) is 47.4 Å². The number of alkyl halides is 1. The zero-order chi connectivity index (χ0) is 36.1. The number of halogens is 1. The Morgan fingerprint density at radius 1 is 0.920 bits per heavy atom. The topological polar surface area (TPSA) is 144 Å². The molecule has 0 saturated heterocycles. The van der Waals surface area contributed by atoms with E-state index in [-0.39, 0.29) is 24.8 Å². The molecule has 1 aromatic heterocycles. The first kappa shape index (κ1) is 38.0. The van der Waals surface area contributed by atoms with Crippen molar-refractivity contribution in [1.29, 1.82) is 0 Å². The van der Waals surface area contributed by atoms with E-state index in [1.807, 2.05) is 42.0 Å². The Balaban J connectivity index is 1.46. The van der Waals surface area contributed by atoms with Gasteiger partial charge in [-0.3, -0.25) is 14.4 Å². The average molecular weight is 727 g/mol. The number of ether oxygens (including phenoxy) is 3. The fraction of sp³-hybridized carbons (Fsp3) is 0.314. The number of methoxy groups -OCH3 is 2. The molecule has 0 saturated carbocycles. The summed E-state index contributed by atoms with van der Waals surface area (Å²) in [6.45, 7) is -0.502. The molecule has 0 radical (unpaired) electrons. The Bertz CT molecular complexity index is 1830. The number of aryl methyl sites for hydroxylation is 1. The lowest BCUT2D eigenvalue weighted by Crippen LogP contribution is -2.46. The van der Waals surface area contributed by atoms with Gasteiger partial charge in [0.1, 0.15) is 42.0 Å². The number of carbonyl (C=O) groups excluding carboxylic acids is 3. The molecule has 2 amide bonds. The minimum atomic E-state index is -4.66. The van der Waals surface area contributed by atoms with Gasteiger partial charge in [-0.05, 0) is 43.0 Å². The summed E-state index contributed by atoms with van der Waals surface area (Å²) in [6.07, 6.45) is 1.34. The lowest BCUT2D eigenvalue weighted by Gasteiger charge is -2.23. The molecule has 0 aliphatic carbocycles. The molecular weight excluding hydrogens is 688 g/mol. The monoisotopic (exact) mass is 726 g/mol. The summed E-state index contributed by atoms with van der Waals surface area (Å²) in [7, 11) is -1.65. The maximum atomic E-state index is 13.9. The van der Waals surface area contributed by atoms with Crippen LogP contribution >= 0.6 is 11.3 Å². The first-order valence-corrected chi connectivity index (χ1v) is 17.9. The van der Waals surface area contributed by atoms with E-state index in [1.165, 1.54) is 19.6 Å². The largest absolute Gasteiger partial charge is 0.496 e. The first-order valence-electron chi connectivity index (χ1n) is 15.6. The van der Waals surface area contributed by atoms with E-state index in [0.717, 1.165) is 22.5 Å². The molecule has 50 heavy (non-hydrogen) atoms. The van der Waals surface area contributed by atoms with Crippen LogP contribution in [0.4, 0.5) is 4.39 Å². The number of nitrogens with one attached hydrogen (secondary N) is 1. The molecule has 0 aliphatic rings. The van der Waals surface area contributed by atoms with E-state index in [9.17, 15) is 27.2 Å². The maximum absolute atomic E-state index is 13.9. The maximum Gasteiger partial charge on any atom is 0.321 e. The van der Waals surface area contributed by atoms with Crippen molar-refractivity contribution in [3.63, 3.8) is 0 Å². The van der Waals surface area contributed by atoms with Gasteiger partial charge in [0.25, 0.3) is 11.8 Å². The van der Waals surface area contributed by atoms with Gasteiger partial charge in [-0.25, -0.2) is 14.1 Å². The van der Waals surface area contributed by atoms with Gasteiger partial charge in [-0.15, -0.1) is 11.3 Å². The Morgan fingerprint density at radius 3 is 2.14 bits per heavy atom. The van der Waals surface area contributed by atoms with Gasteiger partial charge in [0, 0.05) is 29.6 Å². The van der Waals surface area contributed by atoms with Crippen LogP contribution in [0.2, 0.25) is 0 Å². The number of benzene rings is 3. The van der Waals surface area contributed by atoms with Crippen molar-refractivity contribution in [3.8, 4) is 11.5 Å². The van der Waals surface area contributed by atoms with Crippen LogP contribution in [0.25, 0.3) is 0 Å². The quantitative estimate of drug-likeness (QED) is 0.144. The fourth-order valence-corrected chi connectivity index (χ4v) is 6.80. The fourth-order valence-electron chi connectivity index (χ4n) is 4.95. The minimum absolute atomic E-state index is 0.0259. The van der Waals surface area contributed by atoms with E-state index < -0.39 is 41.8 Å². The molecule has 0 unspecified atom stereocenters. The summed E-state index contributed by atoms with van der Waals surface area (Å²) in [5.74, 6) is -1.35. The number of esters is 1. The second-order valence-corrected chi connectivity index (χ2v) is 13.7. The zero-order valence-corrected chi connectivity index (χ0v) is 29.6. The molecule has 0 atom stereocenters. The van der Waals surface area contributed by atoms with Crippen molar-refractivity contribution < 1.29 is 41.4 Å². The highest BCUT2D eigenvalue weighted by Gasteiger charge is 2.29. The number of amides is 2. The number of nitrogens with zero attached hydrogens (tertiary/aromatic N) is 3. The predicted octanol–water partition coefficient (Wildman–Crippen LogP) is 4.73. The summed E-state index contributed by atoms with van der Waals surface area (Å²) in [4.78, 5) is 45.2. The molecule has 0 aliphatic heterocycles. The number of hydrogen-bond donors (Lipinski definition) is 1. The highest BCUT2D eigenvalue weighted by molar-refractivity contribution is 7.87. The van der Waals surface area contributed by atoms with Crippen molar-refractivity contribution >= 4 is 39.3 Å². The van der Waals surface area contributed by atoms with Crippen LogP contribution in [0, 0.1) is 6.92 Å². The van der Waals surface area contributed by atoms with Crippen LogP contribution in [0.15, 0.2) is 78.2 Å². The molecule has 15 heteroatoms. The van der Waals surface area contributed by atoms with Crippen LogP contribution in [-0.4, -0.2) is 80.9 Å². The number of hydrogen-bond acceptors (Lipinski definition) is 10. The molecular formula is C35H39FN4O8S2. The third-order valence-electron chi connectivity index (χ3n) is 7.58.